The number of carbonyl (C=O) groups excluding carboxylic acids is 2. The van der Waals surface area contributed by atoms with Crippen molar-refractivity contribution in [3.05, 3.63) is 75.9 Å². The number of hydrogen-bond donors (Lipinski definition) is 2. The molecule has 3 rings (SSSR count). The lowest BCUT2D eigenvalue weighted by Gasteiger charge is -2.17. The van der Waals surface area contributed by atoms with E-state index in [9.17, 15) is 9.59 Å². The number of para-hydroxylation sites is 1. The van der Waals surface area contributed by atoms with Crippen LogP contribution in [0.4, 0.5) is 0 Å². The number of nitrogens with one attached hydrogen (secondary N) is 1. The minimum absolute atomic E-state index is 0.162. The maximum atomic E-state index is 12.7. The van der Waals surface area contributed by atoms with Crippen LogP contribution < -0.4 is 11.1 Å². The number of pyridine rings is 1. The second-order valence-electron chi connectivity index (χ2n) is 5.75. The van der Waals surface area contributed by atoms with Crippen molar-refractivity contribution in [1.82, 2.24) is 10.3 Å². The van der Waals surface area contributed by atoms with E-state index in [-0.39, 0.29) is 6.42 Å². The molecule has 132 valence electrons. The fourth-order valence-corrected chi connectivity index (χ4v) is 3.14. The number of aromatic nitrogens is 1. The summed E-state index contributed by atoms with van der Waals surface area (Å²) in [7, 11) is 0. The number of rotatable bonds is 5. The third kappa shape index (κ3) is 3.95. The highest BCUT2D eigenvalue weighted by atomic mass is 35.5. The van der Waals surface area contributed by atoms with Crippen LogP contribution in [0.15, 0.2) is 54.7 Å². The molecule has 1 aromatic heterocycles. The van der Waals surface area contributed by atoms with Crippen LogP contribution in [0.2, 0.25) is 10.0 Å². The zero-order valence-corrected chi connectivity index (χ0v) is 15.1. The Labute approximate surface area is 160 Å². The van der Waals surface area contributed by atoms with Crippen molar-refractivity contribution in [2.45, 2.75) is 12.5 Å². The summed E-state index contributed by atoms with van der Waals surface area (Å²) in [5.74, 6) is -1.08. The first-order valence-electron chi connectivity index (χ1n) is 7.83. The quantitative estimate of drug-likeness (QED) is 0.703. The summed E-state index contributed by atoms with van der Waals surface area (Å²) in [6.07, 6.45) is 1.77. The largest absolute Gasteiger partial charge is 0.368 e. The highest BCUT2D eigenvalue weighted by molar-refractivity contribution is 6.35. The summed E-state index contributed by atoms with van der Waals surface area (Å²) in [5, 5.41) is 4.39. The molecule has 7 heteroatoms. The van der Waals surface area contributed by atoms with E-state index in [2.05, 4.69) is 10.3 Å². The van der Waals surface area contributed by atoms with Crippen LogP contribution >= 0.6 is 23.2 Å². The molecule has 0 spiro atoms. The number of primary amides is 1. The number of nitrogens with zero attached hydrogens (tertiary/aromatic N) is 1. The average Bonchev–Trinajstić information content (AvgIpc) is 2.62. The molecule has 5 nitrogen and oxygen atoms in total. The zero-order chi connectivity index (χ0) is 18.7. The van der Waals surface area contributed by atoms with Gasteiger partial charge in [-0.25, -0.2) is 0 Å². The molecule has 0 saturated heterocycles. The van der Waals surface area contributed by atoms with Gasteiger partial charge in [-0.15, -0.1) is 0 Å². The topological polar surface area (TPSA) is 85.1 Å². The SMILES string of the molecule is NC(=O)[C@@H](Cc1ccc(Cl)cc1Cl)NC(=O)c1cccc2cccnc12. The van der Waals surface area contributed by atoms with E-state index in [1.54, 1.807) is 42.6 Å². The van der Waals surface area contributed by atoms with Crippen LogP contribution in [0.25, 0.3) is 10.9 Å². The monoisotopic (exact) mass is 387 g/mol. The van der Waals surface area contributed by atoms with Crippen LogP contribution in [-0.4, -0.2) is 22.8 Å². The van der Waals surface area contributed by atoms with Crippen LogP contribution in [0, 0.1) is 0 Å². The summed E-state index contributed by atoms with van der Waals surface area (Å²) in [6, 6.07) is 12.9. The highest BCUT2D eigenvalue weighted by Gasteiger charge is 2.22. The molecule has 0 aliphatic carbocycles. The Morgan fingerprint density at radius 3 is 2.62 bits per heavy atom. The van der Waals surface area contributed by atoms with Gasteiger partial charge in [0.05, 0.1) is 11.1 Å². The predicted molar refractivity (Wildman–Crippen MR) is 102 cm³/mol. The predicted octanol–water partition coefficient (Wildman–Crippen LogP) is 3.37. The summed E-state index contributed by atoms with van der Waals surface area (Å²) < 4.78 is 0. The molecule has 3 N–H and O–H groups in total. The highest BCUT2D eigenvalue weighted by Crippen LogP contribution is 2.22. The summed E-state index contributed by atoms with van der Waals surface area (Å²) in [4.78, 5) is 28.8. The molecular formula is C19H15Cl2N3O2. The first kappa shape index (κ1) is 18.2. The first-order chi connectivity index (χ1) is 12.5. The maximum absolute atomic E-state index is 12.7. The van der Waals surface area contributed by atoms with Crippen molar-refractivity contribution in [2.24, 2.45) is 5.73 Å². The Hall–Kier alpha value is -2.63. The Morgan fingerprint density at radius 2 is 1.88 bits per heavy atom. The lowest BCUT2D eigenvalue weighted by molar-refractivity contribution is -0.119. The third-order valence-corrected chi connectivity index (χ3v) is 4.55. The van der Waals surface area contributed by atoms with E-state index in [0.717, 1.165) is 5.39 Å². The normalized spacial score (nSPS) is 11.9. The third-order valence-electron chi connectivity index (χ3n) is 3.97. The Balaban J connectivity index is 1.85. The second-order valence-corrected chi connectivity index (χ2v) is 6.59. The number of amides is 2. The van der Waals surface area contributed by atoms with Crippen LogP contribution in [-0.2, 0) is 11.2 Å². The van der Waals surface area contributed by atoms with Crippen molar-refractivity contribution >= 4 is 45.9 Å². The molecule has 26 heavy (non-hydrogen) atoms. The lowest BCUT2D eigenvalue weighted by Crippen LogP contribution is -2.46. The van der Waals surface area contributed by atoms with Gasteiger partial charge in [-0.1, -0.05) is 47.5 Å². The number of fused-ring (bicyclic) bond motifs is 1. The molecule has 0 fully saturated rings. The average molecular weight is 388 g/mol. The summed E-state index contributed by atoms with van der Waals surface area (Å²) in [5.41, 5.74) is 7.06. The lowest BCUT2D eigenvalue weighted by atomic mass is 10.0. The van der Waals surface area contributed by atoms with Crippen LogP contribution in [0.5, 0.6) is 0 Å². The van der Waals surface area contributed by atoms with Crippen LogP contribution in [0.3, 0.4) is 0 Å². The molecule has 1 atom stereocenters. The van der Waals surface area contributed by atoms with E-state index < -0.39 is 17.9 Å². The molecule has 0 radical (unpaired) electrons. The molecule has 2 amide bonds. The molecule has 1 heterocycles. The minimum Gasteiger partial charge on any atom is -0.368 e. The van der Waals surface area contributed by atoms with E-state index in [4.69, 9.17) is 28.9 Å². The number of halogens is 2. The number of benzene rings is 2. The molecule has 0 aliphatic rings. The van der Waals surface area contributed by atoms with E-state index >= 15 is 0 Å². The Bertz CT molecular complexity index is 986. The van der Waals surface area contributed by atoms with Gasteiger partial charge in [-0.3, -0.25) is 14.6 Å². The molecule has 0 unspecified atom stereocenters. The number of carbonyl (C=O) groups is 2. The molecule has 0 aliphatic heterocycles. The van der Waals surface area contributed by atoms with Crippen molar-refractivity contribution in [2.75, 3.05) is 0 Å². The number of hydrogen-bond acceptors (Lipinski definition) is 3. The standard InChI is InChI=1S/C19H15Cl2N3O2/c20-13-7-6-12(15(21)10-13)9-16(18(22)25)24-19(26)14-5-1-3-11-4-2-8-23-17(11)14/h1-8,10,16H,9H2,(H2,22,25)(H,24,26)/t16-/m1/s1. The Morgan fingerprint density at radius 1 is 1.12 bits per heavy atom. The van der Waals surface area contributed by atoms with Gasteiger partial charge in [0.15, 0.2) is 0 Å². The fraction of sp³-hybridized carbons (Fsp3) is 0.105. The van der Waals surface area contributed by atoms with Crippen molar-refractivity contribution in [3.63, 3.8) is 0 Å². The first-order valence-corrected chi connectivity index (χ1v) is 8.59. The molecule has 0 saturated carbocycles. The van der Waals surface area contributed by atoms with E-state index in [1.165, 1.54) is 0 Å². The molecule has 0 bridgehead atoms. The van der Waals surface area contributed by atoms with Crippen LogP contribution in [0.1, 0.15) is 15.9 Å². The molecule has 2 aromatic carbocycles. The maximum Gasteiger partial charge on any atom is 0.254 e. The van der Waals surface area contributed by atoms with E-state index in [0.29, 0.717) is 26.7 Å². The number of nitrogens with two attached hydrogens (primary N) is 1. The van der Waals surface area contributed by atoms with Gasteiger partial charge < -0.3 is 11.1 Å². The van der Waals surface area contributed by atoms with Gasteiger partial charge in [0.1, 0.15) is 6.04 Å². The van der Waals surface area contributed by atoms with Gasteiger partial charge in [-0.05, 0) is 29.8 Å². The smallest absolute Gasteiger partial charge is 0.254 e. The van der Waals surface area contributed by atoms with Gasteiger partial charge >= 0.3 is 0 Å². The zero-order valence-electron chi connectivity index (χ0n) is 13.6. The van der Waals surface area contributed by atoms with Crippen molar-refractivity contribution in [1.29, 1.82) is 0 Å². The fourth-order valence-electron chi connectivity index (χ4n) is 2.65. The second kappa shape index (κ2) is 7.72. The van der Waals surface area contributed by atoms with E-state index in [1.807, 2.05) is 12.1 Å². The molecular weight excluding hydrogens is 373 g/mol. The molecule has 3 aromatic rings. The summed E-state index contributed by atoms with van der Waals surface area (Å²) in [6.45, 7) is 0. The van der Waals surface area contributed by atoms with Gasteiger partial charge in [-0.2, -0.15) is 0 Å². The summed E-state index contributed by atoms with van der Waals surface area (Å²) >= 11 is 12.0. The van der Waals surface area contributed by atoms with Gasteiger partial charge in [0, 0.05) is 28.0 Å². The van der Waals surface area contributed by atoms with Gasteiger partial charge in [0.2, 0.25) is 5.91 Å². The van der Waals surface area contributed by atoms with Crippen molar-refractivity contribution < 1.29 is 9.59 Å². The minimum atomic E-state index is -0.917. The van der Waals surface area contributed by atoms with Crippen molar-refractivity contribution in [3.8, 4) is 0 Å². The Kier molecular flexibility index (Phi) is 5.40. The van der Waals surface area contributed by atoms with Gasteiger partial charge in [0.25, 0.3) is 5.91 Å².